The molecule has 2 aliphatic heterocycles. The Kier molecular flexibility index (Phi) is 8.30. The number of nitrogens with zero attached hydrogens (tertiary/aromatic N) is 4. The Balaban J connectivity index is 0.949. The molecule has 0 saturated carbocycles. The summed E-state index contributed by atoms with van der Waals surface area (Å²) in [5, 5.41) is 6.18. The molecule has 61 heavy (non-hydrogen) atoms. The molecular weight excluding hydrogens is 743 g/mol. The molecule has 4 heterocycles. The van der Waals surface area contributed by atoms with E-state index in [0.29, 0.717) is 0 Å². The van der Waals surface area contributed by atoms with Crippen molar-refractivity contribution in [3.8, 4) is 39.2 Å². The number of hydrogen-bond acceptors (Lipinski definition) is 4. The van der Waals surface area contributed by atoms with Crippen molar-refractivity contribution in [3.63, 3.8) is 0 Å². The van der Waals surface area contributed by atoms with Gasteiger partial charge in [-0.2, -0.15) is 0 Å². The zero-order chi connectivity index (χ0) is 40.3. The molecule has 1 unspecified atom stereocenters. The number of pyridine rings is 1. The van der Waals surface area contributed by atoms with Crippen molar-refractivity contribution >= 4 is 56.4 Å². The highest BCUT2D eigenvalue weighted by Gasteiger charge is 2.33. The van der Waals surface area contributed by atoms with Gasteiger partial charge in [0.2, 0.25) is 0 Å². The monoisotopic (exact) mass is 783 g/mol. The quantitative estimate of drug-likeness (QED) is 0.175. The maximum atomic E-state index is 5.36. The molecule has 9 aromatic rings. The van der Waals surface area contributed by atoms with E-state index in [2.05, 4.69) is 232 Å². The lowest BCUT2D eigenvalue weighted by molar-refractivity contribution is 0.895. The van der Waals surface area contributed by atoms with Gasteiger partial charge in [0.05, 0.1) is 22.4 Å². The first-order valence-electron chi connectivity index (χ1n) is 21.1. The van der Waals surface area contributed by atoms with Crippen LogP contribution in [0.3, 0.4) is 0 Å². The minimum absolute atomic E-state index is 0.0977. The number of hydrogen-bond donors (Lipinski definition) is 1. The highest BCUT2D eigenvalue weighted by atomic mass is 15.4. The van der Waals surface area contributed by atoms with Gasteiger partial charge in [-0.3, -0.25) is 0 Å². The van der Waals surface area contributed by atoms with Gasteiger partial charge in [-0.05, 0) is 120 Å². The summed E-state index contributed by atoms with van der Waals surface area (Å²) >= 11 is 0. The predicted molar refractivity (Wildman–Crippen MR) is 255 cm³/mol. The lowest BCUT2D eigenvalue weighted by Crippen LogP contribution is -2.30. The van der Waals surface area contributed by atoms with Crippen LogP contribution in [-0.2, 0) is 6.42 Å². The largest absolute Gasteiger partial charge is 0.358 e. The first-order chi connectivity index (χ1) is 30.2. The van der Waals surface area contributed by atoms with Crippen LogP contribution in [0.1, 0.15) is 17.5 Å². The number of fused-ring (bicyclic) bond motifs is 8. The van der Waals surface area contributed by atoms with Crippen LogP contribution < -0.4 is 15.1 Å². The lowest BCUT2D eigenvalue weighted by atomic mass is 9.91. The van der Waals surface area contributed by atoms with E-state index in [-0.39, 0.29) is 6.17 Å². The molecule has 5 heteroatoms. The zero-order valence-corrected chi connectivity index (χ0v) is 33.5. The van der Waals surface area contributed by atoms with E-state index < -0.39 is 0 Å². The summed E-state index contributed by atoms with van der Waals surface area (Å²) in [5.41, 5.74) is 17.4. The highest BCUT2D eigenvalue weighted by molar-refractivity contribution is 6.10. The zero-order valence-electron chi connectivity index (χ0n) is 33.5. The minimum atomic E-state index is 0.0977. The average molecular weight is 784 g/mol. The fourth-order valence-electron chi connectivity index (χ4n) is 9.51. The van der Waals surface area contributed by atoms with Gasteiger partial charge < -0.3 is 19.7 Å². The summed E-state index contributed by atoms with van der Waals surface area (Å²) < 4.78 is 2.37. The van der Waals surface area contributed by atoms with Crippen molar-refractivity contribution < 1.29 is 0 Å². The molecule has 0 amide bonds. The molecule has 5 nitrogen and oxygen atoms in total. The van der Waals surface area contributed by atoms with Crippen LogP contribution >= 0.6 is 0 Å². The van der Waals surface area contributed by atoms with E-state index in [4.69, 9.17) is 4.98 Å². The molecule has 7 aromatic carbocycles. The maximum Gasteiger partial charge on any atom is 0.159 e. The molecule has 12 rings (SSSR count). The fraction of sp³-hybridized carbons (Fsp3) is 0.0536. The van der Waals surface area contributed by atoms with E-state index in [1.165, 1.54) is 44.1 Å². The Morgan fingerprint density at radius 1 is 0.557 bits per heavy atom. The SMILES string of the molecule is C1=CC2Nc3c(nc(-c4cccc(-c5ccc(N(c6ccc(-c7ccccc7)cc6)c6ccc7c(c6)c6ccccc6n7-c6ccccc6)cc5)c4)c4c3CCC=C4)N2C=C1. The first kappa shape index (κ1) is 35.1. The summed E-state index contributed by atoms with van der Waals surface area (Å²) in [6.45, 7) is 0. The summed E-state index contributed by atoms with van der Waals surface area (Å²) in [6.07, 6.45) is 15.2. The summed E-state index contributed by atoms with van der Waals surface area (Å²) in [6, 6.07) is 63.7. The average Bonchev–Trinajstić information content (AvgIpc) is 3.88. The summed E-state index contributed by atoms with van der Waals surface area (Å²) in [4.78, 5) is 9.99. The number of aromatic nitrogens is 2. The second-order valence-electron chi connectivity index (χ2n) is 16.0. The van der Waals surface area contributed by atoms with Gasteiger partial charge in [-0.1, -0.05) is 127 Å². The van der Waals surface area contributed by atoms with Gasteiger partial charge in [0.1, 0.15) is 6.17 Å². The van der Waals surface area contributed by atoms with Crippen molar-refractivity contribution in [2.45, 2.75) is 19.0 Å². The summed E-state index contributed by atoms with van der Waals surface area (Å²) in [7, 11) is 0. The van der Waals surface area contributed by atoms with E-state index in [0.717, 1.165) is 69.5 Å². The van der Waals surface area contributed by atoms with Crippen LogP contribution in [0.4, 0.5) is 28.6 Å². The van der Waals surface area contributed by atoms with Crippen LogP contribution in [0, 0.1) is 0 Å². The van der Waals surface area contributed by atoms with Crippen molar-refractivity contribution in [2.24, 2.45) is 0 Å². The normalized spacial score (nSPS) is 14.8. The lowest BCUT2D eigenvalue weighted by Gasteiger charge is -2.26. The van der Waals surface area contributed by atoms with Gasteiger partial charge >= 0.3 is 0 Å². The number of benzene rings is 7. The van der Waals surface area contributed by atoms with Gasteiger partial charge in [0.25, 0.3) is 0 Å². The van der Waals surface area contributed by atoms with Crippen molar-refractivity contribution in [1.82, 2.24) is 9.55 Å². The second-order valence-corrected chi connectivity index (χ2v) is 16.0. The minimum Gasteiger partial charge on any atom is -0.358 e. The van der Waals surface area contributed by atoms with E-state index in [1.54, 1.807) is 0 Å². The van der Waals surface area contributed by atoms with Crippen LogP contribution in [0.25, 0.3) is 67.1 Å². The Bertz CT molecular complexity index is 3210. The Morgan fingerprint density at radius 2 is 1.21 bits per heavy atom. The summed E-state index contributed by atoms with van der Waals surface area (Å²) in [5.74, 6) is 1.00. The highest BCUT2D eigenvalue weighted by Crippen LogP contribution is 2.45. The van der Waals surface area contributed by atoms with Crippen molar-refractivity contribution in [3.05, 3.63) is 218 Å². The van der Waals surface area contributed by atoms with Gasteiger partial charge in [0.15, 0.2) is 5.82 Å². The van der Waals surface area contributed by atoms with Gasteiger partial charge in [-0.25, -0.2) is 4.98 Å². The van der Waals surface area contributed by atoms with E-state index >= 15 is 0 Å². The Labute approximate surface area is 355 Å². The molecule has 0 fully saturated rings. The van der Waals surface area contributed by atoms with E-state index in [1.807, 2.05) is 0 Å². The first-order valence-corrected chi connectivity index (χ1v) is 21.1. The van der Waals surface area contributed by atoms with Gasteiger partial charge in [-0.15, -0.1) is 0 Å². The molecule has 0 radical (unpaired) electrons. The number of nitrogens with one attached hydrogen (secondary N) is 1. The molecule has 1 aliphatic carbocycles. The third kappa shape index (κ3) is 5.96. The number of allylic oxidation sites excluding steroid dienone is 3. The molecule has 290 valence electrons. The third-order valence-electron chi connectivity index (χ3n) is 12.4. The molecular formula is C56H41N5. The standard InChI is InChI=1S/C56H41N5/c1-3-14-38(15-4-1)39-25-29-44(30-26-39)60(46-33-34-52-50(37-46)47-20-9-10-23-51(47)61(52)43-18-5-2-6-19-43)45-31-27-40(28-32-45)41-16-13-17-42(36-41)54-48-21-7-8-22-49(48)55-56(58-54)59-35-12-11-24-53(59)57-55/h1-7,9-21,23-37,53,57H,8,22H2. The van der Waals surface area contributed by atoms with Crippen LogP contribution in [-0.4, -0.2) is 15.7 Å². The number of anilines is 5. The second kappa shape index (κ2) is 14.4. The topological polar surface area (TPSA) is 36.3 Å². The van der Waals surface area contributed by atoms with E-state index in [9.17, 15) is 0 Å². The van der Waals surface area contributed by atoms with Crippen LogP contribution in [0.15, 0.2) is 206 Å². The molecule has 1 N–H and O–H groups in total. The molecule has 2 aromatic heterocycles. The van der Waals surface area contributed by atoms with Crippen molar-refractivity contribution in [1.29, 1.82) is 0 Å². The Hall–Kier alpha value is -7.89. The molecule has 0 spiro atoms. The maximum absolute atomic E-state index is 5.36. The molecule has 3 aliphatic rings. The molecule has 1 atom stereocenters. The Morgan fingerprint density at radius 3 is 2.02 bits per heavy atom. The predicted octanol–water partition coefficient (Wildman–Crippen LogP) is 14.3. The van der Waals surface area contributed by atoms with Gasteiger partial charge in [0, 0.05) is 50.8 Å². The number of para-hydroxylation sites is 2. The molecule has 0 saturated heterocycles. The number of rotatable bonds is 7. The van der Waals surface area contributed by atoms with Crippen molar-refractivity contribution in [2.75, 3.05) is 15.1 Å². The third-order valence-corrected chi connectivity index (χ3v) is 12.4. The fourth-order valence-corrected chi connectivity index (χ4v) is 9.51. The molecule has 0 bridgehead atoms. The van der Waals surface area contributed by atoms with Crippen LogP contribution in [0.5, 0.6) is 0 Å². The smallest absolute Gasteiger partial charge is 0.159 e. The van der Waals surface area contributed by atoms with Crippen LogP contribution in [0.2, 0.25) is 0 Å².